The van der Waals surface area contributed by atoms with Gasteiger partial charge in [-0.1, -0.05) is 0 Å². The minimum atomic E-state index is -1.65. The van der Waals surface area contributed by atoms with Gasteiger partial charge in [0.15, 0.2) is 0 Å². The van der Waals surface area contributed by atoms with Gasteiger partial charge in [0.25, 0.3) is 0 Å². The van der Waals surface area contributed by atoms with Crippen molar-refractivity contribution < 1.29 is 13.6 Å². The molecule has 26 heavy (non-hydrogen) atoms. The second kappa shape index (κ2) is 7.67. The van der Waals surface area contributed by atoms with Crippen LogP contribution in [0.5, 0.6) is 11.5 Å². The van der Waals surface area contributed by atoms with Crippen LogP contribution in [-0.4, -0.2) is 22.5 Å². The zero-order valence-corrected chi connectivity index (χ0v) is 18.8. The van der Waals surface area contributed by atoms with Gasteiger partial charge in [-0.15, -0.1) is 0 Å². The SMILES string of the molecule is CC(=O)N(c1ccc(O[Si](C)(C)C)cc1)c1ccc(O[Si](C)(C)C)cc1. The van der Waals surface area contributed by atoms with Gasteiger partial charge in [-0.2, -0.15) is 0 Å². The van der Waals surface area contributed by atoms with E-state index in [0.29, 0.717) is 0 Å². The molecule has 2 aromatic carbocycles. The van der Waals surface area contributed by atoms with Gasteiger partial charge in [0.1, 0.15) is 11.5 Å². The zero-order chi connectivity index (χ0) is 19.5. The topological polar surface area (TPSA) is 38.8 Å². The summed E-state index contributed by atoms with van der Waals surface area (Å²) in [6.07, 6.45) is 0. The third-order valence-corrected chi connectivity index (χ3v) is 5.05. The van der Waals surface area contributed by atoms with E-state index in [1.807, 2.05) is 48.5 Å². The molecule has 0 aliphatic rings. The minimum absolute atomic E-state index is 0.0391. The molecule has 6 heteroatoms. The number of amides is 1. The predicted molar refractivity (Wildman–Crippen MR) is 114 cm³/mol. The van der Waals surface area contributed by atoms with E-state index in [-0.39, 0.29) is 5.91 Å². The first-order valence-electron chi connectivity index (χ1n) is 8.83. The van der Waals surface area contributed by atoms with Crippen LogP contribution >= 0.6 is 0 Å². The van der Waals surface area contributed by atoms with E-state index in [1.54, 1.807) is 11.8 Å². The second-order valence-electron chi connectivity index (χ2n) is 8.27. The summed E-state index contributed by atoms with van der Waals surface area (Å²) < 4.78 is 12.0. The second-order valence-corrected chi connectivity index (χ2v) is 17.1. The van der Waals surface area contributed by atoms with Gasteiger partial charge in [0.2, 0.25) is 22.5 Å². The number of nitrogens with zero attached hydrogens (tertiary/aromatic N) is 1. The van der Waals surface area contributed by atoms with Gasteiger partial charge in [-0.05, 0) is 87.8 Å². The molecule has 0 spiro atoms. The van der Waals surface area contributed by atoms with Crippen molar-refractivity contribution in [2.75, 3.05) is 4.90 Å². The molecule has 0 aliphatic heterocycles. The molecule has 0 unspecified atom stereocenters. The molecule has 0 aromatic heterocycles. The molecule has 0 N–H and O–H groups in total. The van der Waals surface area contributed by atoms with Crippen LogP contribution in [0.1, 0.15) is 6.92 Å². The molecular formula is C20H29NO3Si2. The molecule has 0 saturated heterocycles. The number of carbonyl (C=O) groups is 1. The number of hydrogen-bond donors (Lipinski definition) is 0. The Morgan fingerprint density at radius 1 is 0.692 bits per heavy atom. The lowest BCUT2D eigenvalue weighted by molar-refractivity contribution is -0.115. The average Bonchev–Trinajstić information content (AvgIpc) is 2.47. The molecule has 0 atom stereocenters. The minimum Gasteiger partial charge on any atom is -0.544 e. The Balaban J connectivity index is 2.25. The first-order valence-corrected chi connectivity index (χ1v) is 15.7. The van der Waals surface area contributed by atoms with Crippen molar-refractivity contribution >= 4 is 33.9 Å². The van der Waals surface area contributed by atoms with E-state index in [9.17, 15) is 4.79 Å². The van der Waals surface area contributed by atoms with Crippen LogP contribution in [-0.2, 0) is 4.79 Å². The molecule has 1 amide bonds. The molecular weight excluding hydrogens is 358 g/mol. The fourth-order valence-corrected chi connectivity index (χ4v) is 4.23. The Morgan fingerprint density at radius 2 is 1.00 bits per heavy atom. The molecule has 0 radical (unpaired) electrons. The highest BCUT2D eigenvalue weighted by Gasteiger charge is 2.19. The van der Waals surface area contributed by atoms with Gasteiger partial charge in [0, 0.05) is 18.3 Å². The van der Waals surface area contributed by atoms with E-state index in [4.69, 9.17) is 8.85 Å². The molecule has 0 fully saturated rings. The summed E-state index contributed by atoms with van der Waals surface area (Å²) in [5.74, 6) is 1.65. The Bertz CT molecular complexity index is 685. The smallest absolute Gasteiger partial charge is 0.242 e. The molecule has 0 bridgehead atoms. The highest BCUT2D eigenvalue weighted by molar-refractivity contribution is 6.70. The van der Waals surface area contributed by atoms with Gasteiger partial charge in [-0.3, -0.25) is 9.69 Å². The Labute approximate surface area is 159 Å². The van der Waals surface area contributed by atoms with E-state index >= 15 is 0 Å². The average molecular weight is 388 g/mol. The largest absolute Gasteiger partial charge is 0.544 e. The lowest BCUT2D eigenvalue weighted by Crippen LogP contribution is -2.29. The number of anilines is 2. The van der Waals surface area contributed by atoms with Gasteiger partial charge in [-0.25, -0.2) is 0 Å². The van der Waals surface area contributed by atoms with Crippen LogP contribution in [0.2, 0.25) is 39.3 Å². The van der Waals surface area contributed by atoms with Gasteiger partial charge < -0.3 is 8.85 Å². The van der Waals surface area contributed by atoms with E-state index in [2.05, 4.69) is 39.3 Å². The van der Waals surface area contributed by atoms with Crippen molar-refractivity contribution in [3.8, 4) is 11.5 Å². The van der Waals surface area contributed by atoms with Crippen molar-refractivity contribution in [2.45, 2.75) is 46.2 Å². The number of benzene rings is 2. The predicted octanol–water partition coefficient (Wildman–Crippen LogP) is 5.80. The van der Waals surface area contributed by atoms with Gasteiger partial charge >= 0.3 is 0 Å². The molecule has 0 heterocycles. The monoisotopic (exact) mass is 387 g/mol. The van der Waals surface area contributed by atoms with E-state index in [1.165, 1.54) is 0 Å². The normalized spacial score (nSPS) is 11.8. The Kier molecular flexibility index (Phi) is 5.98. The van der Waals surface area contributed by atoms with Crippen molar-refractivity contribution in [1.29, 1.82) is 0 Å². The van der Waals surface area contributed by atoms with Crippen molar-refractivity contribution in [3.63, 3.8) is 0 Å². The summed E-state index contributed by atoms with van der Waals surface area (Å²) in [6.45, 7) is 14.4. The van der Waals surface area contributed by atoms with E-state index in [0.717, 1.165) is 22.9 Å². The highest BCUT2D eigenvalue weighted by atomic mass is 28.4. The summed E-state index contributed by atoms with van der Waals surface area (Å²) in [6, 6.07) is 15.4. The number of carbonyl (C=O) groups excluding carboxylic acids is 1. The van der Waals surface area contributed by atoms with Crippen LogP contribution in [0.15, 0.2) is 48.5 Å². The number of hydrogen-bond acceptors (Lipinski definition) is 3. The molecule has 4 nitrogen and oxygen atoms in total. The first kappa shape index (κ1) is 20.3. The fraction of sp³-hybridized carbons (Fsp3) is 0.350. The van der Waals surface area contributed by atoms with Crippen molar-refractivity contribution in [2.24, 2.45) is 0 Å². The molecule has 2 rings (SSSR count). The third kappa shape index (κ3) is 6.03. The maximum Gasteiger partial charge on any atom is 0.242 e. The number of rotatable bonds is 6. The van der Waals surface area contributed by atoms with Gasteiger partial charge in [0.05, 0.1) is 0 Å². The third-order valence-electron chi connectivity index (χ3n) is 3.35. The quantitative estimate of drug-likeness (QED) is 0.588. The van der Waals surface area contributed by atoms with Crippen molar-refractivity contribution in [1.82, 2.24) is 0 Å². The maximum atomic E-state index is 12.2. The summed E-state index contributed by atoms with van der Waals surface area (Å²) in [5.41, 5.74) is 1.64. The van der Waals surface area contributed by atoms with E-state index < -0.39 is 16.6 Å². The van der Waals surface area contributed by atoms with Crippen LogP contribution in [0.4, 0.5) is 11.4 Å². The Hall–Kier alpha value is -2.06. The standard InChI is InChI=1S/C20H29NO3Si2/c1-16(22)21(17-8-12-19(13-9-17)23-25(2,3)4)18-10-14-20(15-11-18)24-26(5,6)7/h8-15H,1-7H3. The molecule has 0 aliphatic carbocycles. The molecule has 0 saturated carbocycles. The Morgan fingerprint density at radius 3 is 1.23 bits per heavy atom. The van der Waals surface area contributed by atoms with Crippen LogP contribution in [0, 0.1) is 0 Å². The van der Waals surface area contributed by atoms with Crippen LogP contribution < -0.4 is 13.8 Å². The fourth-order valence-electron chi connectivity index (χ4n) is 2.55. The summed E-state index contributed by atoms with van der Waals surface area (Å²) in [4.78, 5) is 13.9. The molecule has 2 aromatic rings. The molecule has 140 valence electrons. The van der Waals surface area contributed by atoms with Crippen LogP contribution in [0.3, 0.4) is 0 Å². The maximum absolute atomic E-state index is 12.2. The highest BCUT2D eigenvalue weighted by Crippen LogP contribution is 2.30. The lowest BCUT2D eigenvalue weighted by Gasteiger charge is -2.24. The summed E-state index contributed by atoms with van der Waals surface area (Å²) in [5, 5.41) is 0. The van der Waals surface area contributed by atoms with Crippen molar-refractivity contribution in [3.05, 3.63) is 48.5 Å². The summed E-state index contributed by atoms with van der Waals surface area (Å²) in [7, 11) is -3.29. The lowest BCUT2D eigenvalue weighted by atomic mass is 10.2. The first-order chi connectivity index (χ1) is 11.9. The summed E-state index contributed by atoms with van der Waals surface area (Å²) >= 11 is 0. The van der Waals surface area contributed by atoms with Crippen LogP contribution in [0.25, 0.3) is 0 Å². The zero-order valence-electron chi connectivity index (χ0n) is 16.8.